The van der Waals surface area contributed by atoms with Crippen LogP contribution in [0.5, 0.6) is 23.0 Å². The minimum atomic E-state index is -0.647. The van der Waals surface area contributed by atoms with Gasteiger partial charge in [0.15, 0.2) is 23.0 Å². The van der Waals surface area contributed by atoms with Crippen LogP contribution < -0.4 is 41.4 Å². The number of unbranched alkanes of at least 4 members (excludes halogenated alkanes) is 48. The van der Waals surface area contributed by atoms with E-state index in [-0.39, 0.29) is 21.5 Å². The van der Waals surface area contributed by atoms with Crippen molar-refractivity contribution < 1.29 is 27.8 Å². The van der Waals surface area contributed by atoms with Gasteiger partial charge in [-0.2, -0.15) is 0 Å². The standard InChI is InChI=1S/C106H172O10S8/c1-9-17-25-33-41-49-57-65-81(66-58-50-42-34-26-18-10-2)73-77-111-89-85-86(98(108)115-97(85)107)90(112-78-74-82(67-59-51-43-35-27-19-11-3)68-60-52-44-36-28-20-12-4)94-93(89)117-101-102(118-94)122-105(121-101)106-123-103-104(124-106)120-96-92(114-80-76-84(71-63-55-47-39-31-23-15-7)72-64-56-48-40-32-24-16-8)88-87(99(109)116-100(88)110)91(95(96)119-103)113-79-75-83(69-61-53-45-37-29-21-13-5)70-62-54-46-38-30-22-14-6/h81-84H,9-80H2,1-8H3. The molecule has 0 N–H and O–H groups in total. The molecule has 10 nitrogen and oxygen atoms in total. The van der Waals surface area contributed by atoms with Crippen molar-refractivity contribution in [2.75, 3.05) is 26.4 Å². The largest absolute Gasteiger partial charge is 0.491 e. The Labute approximate surface area is 786 Å². The molecule has 0 bridgehead atoms. The Bertz CT molecular complexity index is 3540. The van der Waals surface area contributed by atoms with Crippen LogP contribution in [0.1, 0.15) is 492 Å². The lowest BCUT2D eigenvalue weighted by Crippen LogP contribution is -2.10. The molecular weight excluding hydrogens is 1690 g/mol. The van der Waals surface area contributed by atoms with Crippen LogP contribution in [0.25, 0.3) is 40.3 Å². The molecule has 2 aliphatic heterocycles. The van der Waals surface area contributed by atoms with Gasteiger partial charge in [-0.3, -0.25) is 0 Å². The van der Waals surface area contributed by atoms with Gasteiger partial charge in [-0.25, -0.2) is 19.2 Å². The van der Waals surface area contributed by atoms with Gasteiger partial charge >= 0.3 is 22.5 Å². The fourth-order valence-corrected chi connectivity index (χ4v) is 31.2. The third-order valence-electron chi connectivity index (χ3n) is 26.7. The molecule has 6 aromatic rings. The first-order valence-corrected chi connectivity index (χ1v) is 58.7. The molecule has 0 saturated heterocycles. The topological polar surface area (TPSA) is 131 Å². The summed E-state index contributed by atoms with van der Waals surface area (Å²) in [5.74, 6) is 3.91. The van der Waals surface area contributed by atoms with Crippen LogP contribution in [0.15, 0.2) is 53.3 Å². The molecule has 0 atom stereocenters. The predicted molar refractivity (Wildman–Crippen MR) is 550 cm³/mol. The fraction of sp³-hybridized carbons (Fsp3) is 0.792. The minimum Gasteiger partial charge on any atom is -0.491 e. The van der Waals surface area contributed by atoms with Crippen LogP contribution in [0.4, 0.5) is 0 Å². The van der Waals surface area contributed by atoms with Crippen molar-refractivity contribution in [3.8, 4) is 23.0 Å². The normalized spacial score (nSPS) is 13.0. The Kier molecular flexibility index (Phi) is 56.7. The van der Waals surface area contributed by atoms with Gasteiger partial charge in [0.1, 0.15) is 21.5 Å². The van der Waals surface area contributed by atoms with Crippen molar-refractivity contribution >= 4 is 133 Å². The molecule has 4 aromatic heterocycles. The predicted octanol–water partition coefficient (Wildman–Crippen LogP) is 38.1. The maximum absolute atomic E-state index is 14.6. The van der Waals surface area contributed by atoms with E-state index < -0.39 is 22.5 Å². The van der Waals surface area contributed by atoms with Crippen molar-refractivity contribution in [3.63, 3.8) is 0 Å². The Morgan fingerprint density at radius 3 is 0.500 bits per heavy atom. The number of hydrogen-bond donors (Lipinski definition) is 0. The zero-order valence-corrected chi connectivity index (χ0v) is 86.1. The van der Waals surface area contributed by atoms with E-state index in [0.29, 0.717) is 73.1 Å². The minimum absolute atomic E-state index is 0.224. The van der Waals surface area contributed by atoms with Crippen LogP contribution in [-0.4, -0.2) is 26.4 Å². The first-order chi connectivity index (χ1) is 61.0. The molecule has 0 aliphatic carbocycles. The molecule has 0 fully saturated rings. The number of ether oxygens (including phenoxy) is 4. The Morgan fingerprint density at radius 2 is 0.347 bits per heavy atom. The summed E-state index contributed by atoms with van der Waals surface area (Å²) in [6, 6.07) is 0. The zero-order valence-electron chi connectivity index (χ0n) is 79.6. The van der Waals surface area contributed by atoms with E-state index in [0.717, 1.165) is 61.3 Å². The zero-order chi connectivity index (χ0) is 87.8. The van der Waals surface area contributed by atoms with E-state index in [4.69, 9.17) is 27.8 Å². The third kappa shape index (κ3) is 38.2. The summed E-state index contributed by atoms with van der Waals surface area (Å²) in [7, 11) is 0. The molecule has 0 spiro atoms. The van der Waals surface area contributed by atoms with E-state index in [9.17, 15) is 19.2 Å². The first-order valence-electron chi connectivity index (χ1n) is 52.2. The van der Waals surface area contributed by atoms with Gasteiger partial charge in [0.2, 0.25) is 0 Å². The summed E-state index contributed by atoms with van der Waals surface area (Å²) in [6.07, 6.45) is 84.9. The summed E-state index contributed by atoms with van der Waals surface area (Å²) in [4.78, 5) is 58.3. The van der Waals surface area contributed by atoms with Gasteiger partial charge in [-0.1, -0.05) is 513 Å². The number of rotatable bonds is 80. The van der Waals surface area contributed by atoms with Crippen molar-refractivity contribution in [2.24, 2.45) is 23.7 Å². The molecule has 124 heavy (non-hydrogen) atoms. The maximum Gasteiger partial charge on any atom is 0.350 e. The summed E-state index contributed by atoms with van der Waals surface area (Å²) in [5.41, 5.74) is -2.59. The van der Waals surface area contributed by atoms with Crippen LogP contribution >= 0.6 is 92.4 Å². The molecule has 0 saturated carbocycles. The van der Waals surface area contributed by atoms with Gasteiger partial charge in [-0.05, 0) is 49.4 Å². The highest BCUT2D eigenvalue weighted by molar-refractivity contribution is 8.32. The Balaban J connectivity index is 1.15. The molecule has 18 heteroatoms. The van der Waals surface area contributed by atoms with Crippen molar-refractivity contribution in [1.82, 2.24) is 0 Å². The number of benzene rings is 2. The van der Waals surface area contributed by atoms with Crippen LogP contribution in [0, 0.1) is 23.7 Å². The lowest BCUT2D eigenvalue weighted by atomic mass is 9.91. The highest BCUT2D eigenvalue weighted by Crippen LogP contribution is 2.67. The SMILES string of the molecule is CCCCCCCCCC(CCCCCCCCC)CCOc1c2sc3c(sc2c(OCCC(CCCCCCCCC)CCCCCCCCC)c2c(=O)oc(=O)c12)SC(=C1Sc2sc4c(OCCC(CCCCCCCCC)CCCCCCCCC)c5c(=O)oc(=O)c5c(OCCC(CCCCCCCCC)CCCCCCCCC)c4sc2S1)S3. The number of hydrogen-bond acceptors (Lipinski definition) is 18. The maximum atomic E-state index is 14.6. The number of fused-ring (bicyclic) bond motifs is 6. The summed E-state index contributed by atoms with van der Waals surface area (Å²) >= 11 is 13.8. The van der Waals surface area contributed by atoms with Gasteiger partial charge in [0.05, 0.1) is 70.5 Å². The molecule has 2 aromatic carbocycles. The van der Waals surface area contributed by atoms with E-state index in [1.54, 1.807) is 92.4 Å². The second-order valence-electron chi connectivity index (χ2n) is 37.3. The van der Waals surface area contributed by atoms with E-state index in [1.165, 1.54) is 419 Å². The number of thioether (sulfide) groups is 4. The third-order valence-corrected chi connectivity index (χ3v) is 38.5. The molecule has 2 aliphatic rings. The van der Waals surface area contributed by atoms with Gasteiger partial charge in [0, 0.05) is 0 Å². The molecule has 0 amide bonds. The van der Waals surface area contributed by atoms with Gasteiger partial charge < -0.3 is 27.8 Å². The lowest BCUT2D eigenvalue weighted by Gasteiger charge is -2.20. The second kappa shape index (κ2) is 65.9. The van der Waals surface area contributed by atoms with Gasteiger partial charge in [-0.15, -0.1) is 45.3 Å². The van der Waals surface area contributed by atoms with Crippen molar-refractivity contribution in [1.29, 1.82) is 0 Å². The molecule has 6 heterocycles. The van der Waals surface area contributed by atoms with E-state index in [2.05, 4.69) is 55.4 Å². The van der Waals surface area contributed by atoms with Crippen LogP contribution in [0.3, 0.4) is 0 Å². The first kappa shape index (κ1) is 107. The molecule has 704 valence electrons. The Hall–Kier alpha value is -2.58. The summed E-state index contributed by atoms with van der Waals surface area (Å²) < 4.78 is 50.3. The molecule has 0 unspecified atom stereocenters. The molecule has 0 radical (unpaired) electrons. The van der Waals surface area contributed by atoms with Crippen molar-refractivity contribution in [2.45, 2.75) is 509 Å². The Morgan fingerprint density at radius 1 is 0.202 bits per heavy atom. The average Bonchev–Trinajstić information content (AvgIpc) is 1.54. The quantitative estimate of drug-likeness (QED) is 0.0336. The lowest BCUT2D eigenvalue weighted by molar-refractivity contribution is 0.261. The van der Waals surface area contributed by atoms with Gasteiger partial charge in [0.25, 0.3) is 0 Å². The summed E-state index contributed by atoms with van der Waals surface area (Å²) in [5, 5.41) is 0.897. The van der Waals surface area contributed by atoms with Crippen LogP contribution in [-0.2, 0) is 0 Å². The smallest absolute Gasteiger partial charge is 0.350 e. The highest BCUT2D eigenvalue weighted by atomic mass is 32.2. The van der Waals surface area contributed by atoms with Crippen molar-refractivity contribution in [3.05, 3.63) is 50.2 Å². The fourth-order valence-electron chi connectivity index (χ4n) is 18.9. The van der Waals surface area contributed by atoms with Crippen LogP contribution in [0.2, 0.25) is 0 Å². The van der Waals surface area contributed by atoms with E-state index in [1.807, 2.05) is 0 Å². The summed E-state index contributed by atoms with van der Waals surface area (Å²) in [6.45, 7) is 20.1. The monoisotopic (exact) mass is 1860 g/mol. The average molecular weight is 1860 g/mol. The highest BCUT2D eigenvalue weighted by Gasteiger charge is 2.36. The molecular formula is C106H172O10S8. The second-order valence-corrected chi connectivity index (χ2v) is 47.0. The molecule has 8 rings (SSSR count). The number of furan rings is 2. The van der Waals surface area contributed by atoms with E-state index >= 15 is 0 Å².